The Labute approximate surface area is 128 Å². The molecule has 2 rings (SSSR count). The molecule has 0 bridgehead atoms. The van der Waals surface area contributed by atoms with Gasteiger partial charge in [-0.2, -0.15) is 0 Å². The van der Waals surface area contributed by atoms with Crippen molar-refractivity contribution in [3.05, 3.63) is 65.0 Å². The number of amides is 2. The van der Waals surface area contributed by atoms with E-state index in [1.807, 2.05) is 31.2 Å². The average molecular weight is 300 g/mol. The summed E-state index contributed by atoms with van der Waals surface area (Å²) < 4.78 is 13.0. The Kier molecular flexibility index (Phi) is 4.88. The van der Waals surface area contributed by atoms with Gasteiger partial charge < -0.3 is 10.6 Å². The predicted molar refractivity (Wildman–Crippen MR) is 82.8 cm³/mol. The van der Waals surface area contributed by atoms with Crippen molar-refractivity contribution >= 4 is 17.5 Å². The van der Waals surface area contributed by atoms with Gasteiger partial charge >= 0.3 is 11.8 Å². The van der Waals surface area contributed by atoms with Crippen LogP contribution in [-0.4, -0.2) is 11.8 Å². The maximum Gasteiger partial charge on any atom is 0.313 e. The largest absolute Gasteiger partial charge is 0.344 e. The average Bonchev–Trinajstić information content (AvgIpc) is 2.49. The molecule has 0 spiro atoms. The molecule has 0 heterocycles. The van der Waals surface area contributed by atoms with Crippen LogP contribution < -0.4 is 10.6 Å². The summed E-state index contributed by atoms with van der Waals surface area (Å²) in [6, 6.07) is 11.5. The lowest BCUT2D eigenvalue weighted by atomic mass is 10.1. The SMILES string of the molecule is Cc1ccccc1CNC(=O)C(=O)Nc1ccc(F)cc1C. The Morgan fingerprint density at radius 3 is 2.41 bits per heavy atom. The van der Waals surface area contributed by atoms with Crippen LogP contribution in [0.25, 0.3) is 0 Å². The van der Waals surface area contributed by atoms with Crippen molar-refractivity contribution in [2.24, 2.45) is 0 Å². The van der Waals surface area contributed by atoms with Gasteiger partial charge in [0.2, 0.25) is 0 Å². The second-order valence-corrected chi connectivity index (χ2v) is 5.02. The summed E-state index contributed by atoms with van der Waals surface area (Å²) in [5.74, 6) is -1.89. The molecule has 2 amide bonds. The highest BCUT2D eigenvalue weighted by Crippen LogP contribution is 2.15. The minimum absolute atomic E-state index is 0.279. The molecule has 2 aromatic rings. The first-order valence-electron chi connectivity index (χ1n) is 6.87. The molecule has 2 aromatic carbocycles. The second kappa shape index (κ2) is 6.85. The van der Waals surface area contributed by atoms with Crippen molar-refractivity contribution in [3.8, 4) is 0 Å². The number of hydrogen-bond donors (Lipinski definition) is 2. The van der Waals surface area contributed by atoms with Crippen molar-refractivity contribution in [3.63, 3.8) is 0 Å². The fraction of sp³-hybridized carbons (Fsp3) is 0.176. The second-order valence-electron chi connectivity index (χ2n) is 5.02. The molecule has 4 nitrogen and oxygen atoms in total. The summed E-state index contributed by atoms with van der Waals surface area (Å²) in [5, 5.41) is 5.04. The maximum absolute atomic E-state index is 13.0. The lowest BCUT2D eigenvalue weighted by Crippen LogP contribution is -2.35. The van der Waals surface area contributed by atoms with Crippen LogP contribution >= 0.6 is 0 Å². The number of halogens is 1. The first-order valence-corrected chi connectivity index (χ1v) is 6.87. The summed E-state index contributed by atoms with van der Waals surface area (Å²) in [4.78, 5) is 23.7. The Bertz CT molecular complexity index is 714. The molecule has 5 heteroatoms. The van der Waals surface area contributed by atoms with E-state index in [4.69, 9.17) is 0 Å². The van der Waals surface area contributed by atoms with E-state index in [0.29, 0.717) is 11.3 Å². The van der Waals surface area contributed by atoms with Gasteiger partial charge in [0.1, 0.15) is 5.82 Å². The van der Waals surface area contributed by atoms with Gasteiger partial charge in [-0.1, -0.05) is 24.3 Å². The van der Waals surface area contributed by atoms with Gasteiger partial charge in [-0.05, 0) is 48.7 Å². The van der Waals surface area contributed by atoms with E-state index >= 15 is 0 Å². The molecule has 0 aliphatic rings. The van der Waals surface area contributed by atoms with Crippen molar-refractivity contribution in [1.82, 2.24) is 5.32 Å². The fourth-order valence-electron chi connectivity index (χ4n) is 2.01. The van der Waals surface area contributed by atoms with Crippen molar-refractivity contribution in [2.75, 3.05) is 5.32 Å². The summed E-state index contributed by atoms with van der Waals surface area (Å²) in [6.07, 6.45) is 0. The summed E-state index contributed by atoms with van der Waals surface area (Å²) >= 11 is 0. The zero-order chi connectivity index (χ0) is 16.1. The van der Waals surface area contributed by atoms with Crippen molar-refractivity contribution in [1.29, 1.82) is 0 Å². The van der Waals surface area contributed by atoms with Crippen LogP contribution in [0.5, 0.6) is 0 Å². The maximum atomic E-state index is 13.0. The highest BCUT2D eigenvalue weighted by atomic mass is 19.1. The zero-order valence-corrected chi connectivity index (χ0v) is 12.4. The summed E-state index contributed by atoms with van der Waals surface area (Å²) in [7, 11) is 0. The van der Waals surface area contributed by atoms with E-state index in [-0.39, 0.29) is 12.4 Å². The Balaban J connectivity index is 1.95. The van der Waals surface area contributed by atoms with E-state index in [2.05, 4.69) is 10.6 Å². The van der Waals surface area contributed by atoms with Gasteiger partial charge in [0.25, 0.3) is 0 Å². The normalized spacial score (nSPS) is 10.1. The van der Waals surface area contributed by atoms with Gasteiger partial charge in [-0.25, -0.2) is 4.39 Å². The van der Waals surface area contributed by atoms with Crippen LogP contribution in [0, 0.1) is 19.7 Å². The zero-order valence-electron chi connectivity index (χ0n) is 12.4. The monoisotopic (exact) mass is 300 g/mol. The molecule has 0 atom stereocenters. The third-order valence-corrected chi connectivity index (χ3v) is 3.34. The van der Waals surface area contributed by atoms with Crippen LogP contribution in [0.4, 0.5) is 10.1 Å². The number of rotatable bonds is 3. The fourth-order valence-corrected chi connectivity index (χ4v) is 2.01. The molecule has 0 radical (unpaired) electrons. The molecule has 0 fully saturated rings. The third kappa shape index (κ3) is 3.91. The minimum atomic E-state index is -0.775. The standard InChI is InChI=1S/C17H17FN2O2/c1-11-5-3-4-6-13(11)10-19-16(21)17(22)20-15-8-7-14(18)9-12(15)2/h3-9H,10H2,1-2H3,(H,19,21)(H,20,22). The number of carbonyl (C=O) groups is 2. The quantitative estimate of drug-likeness (QED) is 0.856. The molecule has 0 unspecified atom stereocenters. The van der Waals surface area contributed by atoms with Gasteiger partial charge in [-0.3, -0.25) is 9.59 Å². The first kappa shape index (κ1) is 15.7. The van der Waals surface area contributed by atoms with Gasteiger partial charge in [0.05, 0.1) is 0 Å². The lowest BCUT2D eigenvalue weighted by Gasteiger charge is -2.10. The van der Waals surface area contributed by atoms with Crippen LogP contribution in [-0.2, 0) is 16.1 Å². The van der Waals surface area contributed by atoms with E-state index in [1.54, 1.807) is 6.92 Å². The van der Waals surface area contributed by atoms with Crippen LogP contribution in [0.1, 0.15) is 16.7 Å². The highest BCUT2D eigenvalue weighted by Gasteiger charge is 2.14. The van der Waals surface area contributed by atoms with E-state index in [0.717, 1.165) is 11.1 Å². The van der Waals surface area contributed by atoms with E-state index in [9.17, 15) is 14.0 Å². The van der Waals surface area contributed by atoms with E-state index < -0.39 is 11.8 Å². The number of nitrogens with one attached hydrogen (secondary N) is 2. The Morgan fingerprint density at radius 1 is 1.00 bits per heavy atom. The summed E-state index contributed by atoms with van der Waals surface area (Å²) in [5.41, 5.74) is 2.96. The van der Waals surface area contributed by atoms with Gasteiger partial charge in [0, 0.05) is 12.2 Å². The number of aryl methyl sites for hydroxylation is 2. The molecule has 0 saturated carbocycles. The van der Waals surface area contributed by atoms with Gasteiger partial charge in [-0.15, -0.1) is 0 Å². The topological polar surface area (TPSA) is 58.2 Å². The third-order valence-electron chi connectivity index (χ3n) is 3.34. The molecule has 114 valence electrons. The molecular formula is C17H17FN2O2. The number of hydrogen-bond acceptors (Lipinski definition) is 2. The predicted octanol–water partition coefficient (Wildman–Crippen LogP) is 2.70. The smallest absolute Gasteiger partial charge is 0.313 e. The number of benzene rings is 2. The lowest BCUT2D eigenvalue weighted by molar-refractivity contribution is -0.136. The highest BCUT2D eigenvalue weighted by molar-refractivity contribution is 6.39. The first-order chi connectivity index (χ1) is 10.5. The van der Waals surface area contributed by atoms with Crippen molar-refractivity contribution in [2.45, 2.75) is 20.4 Å². The summed E-state index contributed by atoms with van der Waals surface area (Å²) in [6.45, 7) is 3.87. The molecular weight excluding hydrogens is 283 g/mol. The molecule has 2 N–H and O–H groups in total. The van der Waals surface area contributed by atoms with Crippen molar-refractivity contribution < 1.29 is 14.0 Å². The molecule has 0 saturated heterocycles. The van der Waals surface area contributed by atoms with Gasteiger partial charge in [0.15, 0.2) is 0 Å². The van der Waals surface area contributed by atoms with E-state index in [1.165, 1.54) is 18.2 Å². The van der Waals surface area contributed by atoms with Crippen LogP contribution in [0.3, 0.4) is 0 Å². The number of carbonyl (C=O) groups excluding carboxylic acids is 2. The van der Waals surface area contributed by atoms with Crippen LogP contribution in [0.15, 0.2) is 42.5 Å². The minimum Gasteiger partial charge on any atom is -0.344 e. The molecule has 0 aliphatic heterocycles. The molecule has 0 aromatic heterocycles. The molecule has 22 heavy (non-hydrogen) atoms. The van der Waals surface area contributed by atoms with Crippen LogP contribution in [0.2, 0.25) is 0 Å². The molecule has 0 aliphatic carbocycles. The Morgan fingerprint density at radius 2 is 1.73 bits per heavy atom. The number of anilines is 1. The Hall–Kier alpha value is -2.69.